The number of thiocarbonyl (C=S) groups is 1. The molecule has 0 spiro atoms. The van der Waals surface area contributed by atoms with Crippen LogP contribution in [0.5, 0.6) is 11.5 Å². The zero-order valence-electron chi connectivity index (χ0n) is 13.0. The molecule has 0 amide bonds. The summed E-state index contributed by atoms with van der Waals surface area (Å²) < 4.78 is 10.8. The zero-order valence-corrected chi connectivity index (χ0v) is 13.8. The minimum Gasteiger partial charge on any atom is -0.454 e. The molecule has 0 radical (unpaired) electrons. The van der Waals surface area contributed by atoms with Crippen LogP contribution >= 0.6 is 12.2 Å². The number of nitrogens with zero attached hydrogens (tertiary/aromatic N) is 2. The van der Waals surface area contributed by atoms with Crippen molar-refractivity contribution in [3.05, 3.63) is 53.9 Å². The molecule has 0 aliphatic carbocycles. The number of ether oxygens (including phenoxy) is 2. The molecule has 23 heavy (non-hydrogen) atoms. The Balaban J connectivity index is 1.76. The topological polar surface area (TPSA) is 46.6 Å². The number of pyridine rings is 1. The largest absolute Gasteiger partial charge is 0.454 e. The van der Waals surface area contributed by atoms with E-state index in [1.807, 2.05) is 43.3 Å². The molecule has 1 aromatic carbocycles. The summed E-state index contributed by atoms with van der Waals surface area (Å²) in [6, 6.07) is 11.9. The van der Waals surface area contributed by atoms with Crippen LogP contribution in [0.25, 0.3) is 0 Å². The third-order valence-electron chi connectivity index (χ3n) is 3.50. The van der Waals surface area contributed by atoms with Crippen LogP contribution < -0.4 is 14.8 Å². The van der Waals surface area contributed by atoms with E-state index in [-0.39, 0.29) is 6.79 Å². The number of nitrogens with one attached hydrogen (secondary N) is 1. The fraction of sp³-hybridized carbons (Fsp3) is 0.294. The third kappa shape index (κ3) is 3.90. The SMILES string of the molecule is CCNC(=S)N(Cc1ccc2c(c1)OCO2)Cc1ccccn1. The Morgan fingerprint density at radius 2 is 2.09 bits per heavy atom. The quantitative estimate of drug-likeness (QED) is 0.851. The van der Waals surface area contributed by atoms with Crippen molar-refractivity contribution in [2.24, 2.45) is 0 Å². The highest BCUT2D eigenvalue weighted by atomic mass is 32.1. The van der Waals surface area contributed by atoms with Gasteiger partial charge in [0.25, 0.3) is 0 Å². The molecule has 1 aliphatic rings. The van der Waals surface area contributed by atoms with Crippen LogP contribution in [0, 0.1) is 0 Å². The number of fused-ring (bicyclic) bond motifs is 1. The summed E-state index contributed by atoms with van der Waals surface area (Å²) in [6.45, 7) is 4.44. The average Bonchev–Trinajstić information content (AvgIpc) is 3.03. The van der Waals surface area contributed by atoms with Crippen molar-refractivity contribution in [3.63, 3.8) is 0 Å². The van der Waals surface area contributed by atoms with Crippen molar-refractivity contribution in [1.82, 2.24) is 15.2 Å². The molecule has 1 N–H and O–H groups in total. The van der Waals surface area contributed by atoms with E-state index in [4.69, 9.17) is 21.7 Å². The van der Waals surface area contributed by atoms with Crippen LogP contribution in [0.1, 0.15) is 18.2 Å². The normalized spacial score (nSPS) is 12.0. The molecule has 1 aromatic heterocycles. The van der Waals surface area contributed by atoms with E-state index in [0.29, 0.717) is 13.1 Å². The Kier molecular flexibility index (Phi) is 4.92. The fourth-order valence-corrected chi connectivity index (χ4v) is 2.68. The Labute approximate surface area is 141 Å². The van der Waals surface area contributed by atoms with Crippen molar-refractivity contribution in [1.29, 1.82) is 0 Å². The molecule has 0 saturated heterocycles. The lowest BCUT2D eigenvalue weighted by molar-refractivity contribution is 0.174. The van der Waals surface area contributed by atoms with Crippen LogP contribution in [-0.2, 0) is 13.1 Å². The van der Waals surface area contributed by atoms with E-state index >= 15 is 0 Å². The smallest absolute Gasteiger partial charge is 0.231 e. The minimum atomic E-state index is 0.284. The Morgan fingerprint density at radius 1 is 1.22 bits per heavy atom. The van der Waals surface area contributed by atoms with Gasteiger partial charge in [0.05, 0.1) is 12.2 Å². The van der Waals surface area contributed by atoms with Crippen molar-refractivity contribution in [3.8, 4) is 11.5 Å². The highest BCUT2D eigenvalue weighted by molar-refractivity contribution is 7.80. The monoisotopic (exact) mass is 329 g/mol. The van der Waals surface area contributed by atoms with Gasteiger partial charge in [0.15, 0.2) is 16.6 Å². The van der Waals surface area contributed by atoms with E-state index in [9.17, 15) is 0 Å². The number of aromatic nitrogens is 1. The van der Waals surface area contributed by atoms with Crippen LogP contribution in [-0.4, -0.2) is 28.3 Å². The van der Waals surface area contributed by atoms with Crippen LogP contribution in [0.3, 0.4) is 0 Å². The molecule has 120 valence electrons. The summed E-state index contributed by atoms with van der Waals surface area (Å²) >= 11 is 5.50. The van der Waals surface area contributed by atoms with Gasteiger partial charge in [-0.25, -0.2) is 0 Å². The standard InChI is InChI=1S/C17H19N3O2S/c1-2-18-17(23)20(11-14-5-3-4-8-19-14)10-13-6-7-15-16(9-13)22-12-21-15/h3-9H,2,10-12H2,1H3,(H,18,23). The highest BCUT2D eigenvalue weighted by Crippen LogP contribution is 2.32. The van der Waals surface area contributed by atoms with Crippen LogP contribution in [0.15, 0.2) is 42.6 Å². The molecule has 3 rings (SSSR count). The molecule has 6 heteroatoms. The maximum atomic E-state index is 5.50. The molecule has 2 aromatic rings. The second kappa shape index (κ2) is 7.28. The van der Waals surface area contributed by atoms with Crippen molar-refractivity contribution in [2.45, 2.75) is 20.0 Å². The molecule has 2 heterocycles. The lowest BCUT2D eigenvalue weighted by Crippen LogP contribution is -2.38. The van der Waals surface area contributed by atoms with E-state index in [2.05, 4.69) is 15.2 Å². The van der Waals surface area contributed by atoms with E-state index in [1.54, 1.807) is 6.20 Å². The van der Waals surface area contributed by atoms with Gasteiger partial charge in [0, 0.05) is 19.3 Å². The molecule has 5 nitrogen and oxygen atoms in total. The zero-order chi connectivity index (χ0) is 16.1. The Morgan fingerprint density at radius 3 is 2.87 bits per heavy atom. The number of hydrogen-bond donors (Lipinski definition) is 1. The molecule has 0 atom stereocenters. The van der Waals surface area contributed by atoms with E-state index in [0.717, 1.165) is 34.4 Å². The van der Waals surface area contributed by atoms with Crippen LogP contribution in [0.2, 0.25) is 0 Å². The van der Waals surface area contributed by atoms with E-state index < -0.39 is 0 Å². The first-order chi connectivity index (χ1) is 11.3. The molecular formula is C17H19N3O2S. The fourth-order valence-electron chi connectivity index (χ4n) is 2.41. The molecule has 0 saturated carbocycles. The number of benzene rings is 1. The predicted molar refractivity (Wildman–Crippen MR) is 92.3 cm³/mol. The lowest BCUT2D eigenvalue weighted by Gasteiger charge is -2.25. The van der Waals surface area contributed by atoms with Crippen LogP contribution in [0.4, 0.5) is 0 Å². The second-order valence-electron chi connectivity index (χ2n) is 5.20. The van der Waals surface area contributed by atoms with Crippen molar-refractivity contribution in [2.75, 3.05) is 13.3 Å². The first-order valence-electron chi connectivity index (χ1n) is 7.57. The van der Waals surface area contributed by atoms with Gasteiger partial charge in [-0.2, -0.15) is 0 Å². The summed E-state index contributed by atoms with van der Waals surface area (Å²) in [6.07, 6.45) is 1.80. The minimum absolute atomic E-state index is 0.284. The Bertz CT molecular complexity index is 679. The predicted octanol–water partition coefficient (Wildman–Crippen LogP) is 2.71. The molecular weight excluding hydrogens is 310 g/mol. The van der Waals surface area contributed by atoms with E-state index in [1.165, 1.54) is 0 Å². The molecule has 0 fully saturated rings. The molecule has 1 aliphatic heterocycles. The maximum Gasteiger partial charge on any atom is 0.231 e. The van der Waals surface area contributed by atoms with Crippen molar-refractivity contribution < 1.29 is 9.47 Å². The number of hydrogen-bond acceptors (Lipinski definition) is 4. The summed E-state index contributed by atoms with van der Waals surface area (Å²) in [7, 11) is 0. The summed E-state index contributed by atoms with van der Waals surface area (Å²) in [5.41, 5.74) is 2.10. The lowest BCUT2D eigenvalue weighted by atomic mass is 10.2. The van der Waals surface area contributed by atoms with Gasteiger partial charge in [-0.15, -0.1) is 0 Å². The van der Waals surface area contributed by atoms with Gasteiger partial charge in [-0.1, -0.05) is 12.1 Å². The summed E-state index contributed by atoms with van der Waals surface area (Å²) in [5, 5.41) is 3.93. The Hall–Kier alpha value is -2.34. The molecule has 0 bridgehead atoms. The van der Waals surface area contributed by atoms with Gasteiger partial charge >= 0.3 is 0 Å². The first kappa shape index (κ1) is 15.6. The third-order valence-corrected chi connectivity index (χ3v) is 3.91. The van der Waals surface area contributed by atoms with Gasteiger partial charge in [0.2, 0.25) is 6.79 Å². The second-order valence-corrected chi connectivity index (χ2v) is 5.59. The highest BCUT2D eigenvalue weighted by Gasteiger charge is 2.16. The average molecular weight is 329 g/mol. The van der Waals surface area contributed by atoms with Gasteiger partial charge < -0.3 is 19.7 Å². The first-order valence-corrected chi connectivity index (χ1v) is 7.98. The van der Waals surface area contributed by atoms with Gasteiger partial charge in [-0.3, -0.25) is 4.98 Å². The van der Waals surface area contributed by atoms with Crippen molar-refractivity contribution >= 4 is 17.3 Å². The maximum absolute atomic E-state index is 5.50. The molecule has 0 unspecified atom stereocenters. The number of rotatable bonds is 5. The van der Waals surface area contributed by atoms with Gasteiger partial charge in [-0.05, 0) is 49.0 Å². The summed E-state index contributed by atoms with van der Waals surface area (Å²) in [5.74, 6) is 1.58. The van der Waals surface area contributed by atoms with Gasteiger partial charge in [0.1, 0.15) is 0 Å². The summed E-state index contributed by atoms with van der Waals surface area (Å²) in [4.78, 5) is 6.48.